The molecule has 0 radical (unpaired) electrons. The lowest BCUT2D eigenvalue weighted by atomic mass is 9.96. The van der Waals surface area contributed by atoms with Gasteiger partial charge in [-0.25, -0.2) is 13.1 Å². The van der Waals surface area contributed by atoms with Crippen molar-refractivity contribution in [3.63, 3.8) is 0 Å². The van der Waals surface area contributed by atoms with Crippen molar-refractivity contribution in [2.24, 2.45) is 5.41 Å². The van der Waals surface area contributed by atoms with Crippen LogP contribution >= 0.6 is 0 Å². The first-order valence-electron chi connectivity index (χ1n) is 3.78. The van der Waals surface area contributed by atoms with Crippen molar-refractivity contribution in [1.29, 1.82) is 5.26 Å². The largest absolute Gasteiger partial charge is 0.396 e. The maximum Gasteiger partial charge on any atom is 0.225 e. The number of nitrogens with zero attached hydrogens (tertiary/aromatic N) is 1. The van der Waals surface area contributed by atoms with Crippen LogP contribution in [0.3, 0.4) is 0 Å². The second kappa shape index (κ2) is 4.56. The molecule has 2 N–H and O–H groups in total. The SMILES string of the molecule is CC(C)(CO)CNS(=O)(=O)CC#N. The molecule has 13 heavy (non-hydrogen) atoms. The van der Waals surface area contributed by atoms with Crippen molar-refractivity contribution in [3.05, 3.63) is 0 Å². The van der Waals surface area contributed by atoms with Gasteiger partial charge in [0.2, 0.25) is 10.0 Å². The zero-order chi connectivity index (χ0) is 10.5. The van der Waals surface area contributed by atoms with Crippen LogP contribution in [0.15, 0.2) is 0 Å². The molecule has 0 amide bonds. The molecule has 0 atom stereocenters. The summed E-state index contributed by atoms with van der Waals surface area (Å²) < 4.78 is 24.2. The maximum atomic E-state index is 11.0. The molecule has 0 spiro atoms. The van der Waals surface area contributed by atoms with Gasteiger partial charge in [0.15, 0.2) is 5.75 Å². The fourth-order valence-corrected chi connectivity index (χ4v) is 1.38. The number of nitrogens with one attached hydrogen (secondary N) is 1. The first kappa shape index (κ1) is 12.4. The molecular weight excluding hydrogens is 192 g/mol. The molecule has 0 rings (SSSR count). The molecular formula is C7H14N2O3S. The summed E-state index contributed by atoms with van der Waals surface area (Å²) in [5.74, 6) is -0.547. The molecule has 0 aliphatic rings. The van der Waals surface area contributed by atoms with Crippen molar-refractivity contribution < 1.29 is 13.5 Å². The van der Waals surface area contributed by atoms with Crippen molar-refractivity contribution >= 4 is 10.0 Å². The summed E-state index contributed by atoms with van der Waals surface area (Å²) in [6.07, 6.45) is 0. The Balaban J connectivity index is 4.12. The van der Waals surface area contributed by atoms with Crippen molar-refractivity contribution in [2.75, 3.05) is 18.9 Å². The highest BCUT2D eigenvalue weighted by atomic mass is 32.2. The minimum absolute atomic E-state index is 0.109. The second-order valence-electron chi connectivity index (χ2n) is 3.56. The molecule has 5 nitrogen and oxygen atoms in total. The molecule has 0 bridgehead atoms. The van der Waals surface area contributed by atoms with E-state index in [1.165, 1.54) is 0 Å². The molecule has 0 saturated heterocycles. The highest BCUT2D eigenvalue weighted by Crippen LogP contribution is 2.11. The zero-order valence-electron chi connectivity index (χ0n) is 7.74. The van der Waals surface area contributed by atoms with Gasteiger partial charge in [0.25, 0.3) is 0 Å². The summed E-state index contributed by atoms with van der Waals surface area (Å²) in [5.41, 5.74) is -0.497. The molecule has 0 heterocycles. The predicted octanol–water partition coefficient (Wildman–Crippen LogP) is -0.552. The van der Waals surface area contributed by atoms with Crippen LogP contribution in [0.5, 0.6) is 0 Å². The van der Waals surface area contributed by atoms with E-state index in [1.807, 2.05) is 0 Å². The molecule has 0 aliphatic heterocycles. The average molecular weight is 206 g/mol. The Bertz CT molecular complexity index is 289. The predicted molar refractivity (Wildman–Crippen MR) is 48.3 cm³/mol. The average Bonchev–Trinajstić information content (AvgIpc) is 2.02. The summed E-state index contributed by atoms with van der Waals surface area (Å²) in [7, 11) is -3.50. The Morgan fingerprint density at radius 2 is 2.08 bits per heavy atom. The highest BCUT2D eigenvalue weighted by molar-refractivity contribution is 7.89. The van der Waals surface area contributed by atoms with E-state index in [1.54, 1.807) is 19.9 Å². The monoisotopic (exact) mass is 206 g/mol. The Hall–Kier alpha value is -0.640. The molecule has 0 saturated carbocycles. The summed E-state index contributed by atoms with van der Waals surface area (Å²) in [5, 5.41) is 17.0. The molecule has 0 aromatic rings. The lowest BCUT2D eigenvalue weighted by Crippen LogP contribution is -2.36. The fraction of sp³-hybridized carbons (Fsp3) is 0.857. The number of hydrogen-bond donors (Lipinski definition) is 2. The number of rotatable bonds is 5. The molecule has 0 unspecified atom stereocenters. The third-order valence-corrected chi connectivity index (χ3v) is 2.55. The van der Waals surface area contributed by atoms with Crippen molar-refractivity contribution in [2.45, 2.75) is 13.8 Å². The van der Waals surface area contributed by atoms with Gasteiger partial charge in [-0.2, -0.15) is 5.26 Å². The van der Waals surface area contributed by atoms with E-state index in [2.05, 4.69) is 4.72 Å². The van der Waals surface area contributed by atoms with E-state index in [9.17, 15) is 8.42 Å². The first-order valence-corrected chi connectivity index (χ1v) is 5.43. The number of nitriles is 1. The quantitative estimate of drug-likeness (QED) is 0.631. The minimum atomic E-state index is -3.50. The van der Waals surface area contributed by atoms with E-state index < -0.39 is 21.2 Å². The van der Waals surface area contributed by atoms with Gasteiger partial charge in [0.1, 0.15) is 0 Å². The Morgan fingerprint density at radius 3 is 2.46 bits per heavy atom. The smallest absolute Gasteiger partial charge is 0.225 e. The van der Waals surface area contributed by atoms with Gasteiger partial charge in [0, 0.05) is 18.6 Å². The molecule has 0 aliphatic carbocycles. The van der Waals surface area contributed by atoms with E-state index in [0.29, 0.717) is 0 Å². The molecule has 0 aromatic carbocycles. The van der Waals surface area contributed by atoms with Crippen LogP contribution in [0.25, 0.3) is 0 Å². The van der Waals surface area contributed by atoms with Gasteiger partial charge < -0.3 is 5.11 Å². The van der Waals surface area contributed by atoms with E-state index in [-0.39, 0.29) is 13.2 Å². The molecule has 6 heteroatoms. The van der Waals surface area contributed by atoms with Gasteiger partial charge in [0.05, 0.1) is 6.07 Å². The Labute approximate surface area is 78.4 Å². The van der Waals surface area contributed by atoms with Gasteiger partial charge in [-0.15, -0.1) is 0 Å². The third kappa shape index (κ3) is 5.58. The summed E-state index contributed by atoms with van der Waals surface area (Å²) in [6.45, 7) is 3.47. The summed E-state index contributed by atoms with van der Waals surface area (Å²) in [6, 6.07) is 1.55. The Morgan fingerprint density at radius 1 is 1.54 bits per heavy atom. The van der Waals surface area contributed by atoms with Crippen LogP contribution in [-0.4, -0.2) is 32.4 Å². The van der Waals surface area contributed by atoms with E-state index in [0.717, 1.165) is 0 Å². The number of sulfonamides is 1. The summed E-state index contributed by atoms with van der Waals surface area (Å²) >= 11 is 0. The van der Waals surface area contributed by atoms with Crippen molar-refractivity contribution in [3.8, 4) is 6.07 Å². The van der Waals surface area contributed by atoms with Gasteiger partial charge >= 0.3 is 0 Å². The van der Waals surface area contributed by atoms with Crippen LogP contribution in [0.1, 0.15) is 13.8 Å². The van der Waals surface area contributed by atoms with E-state index >= 15 is 0 Å². The number of hydrogen-bond acceptors (Lipinski definition) is 4. The third-order valence-electron chi connectivity index (χ3n) is 1.45. The van der Waals surface area contributed by atoms with Crippen LogP contribution < -0.4 is 4.72 Å². The van der Waals surface area contributed by atoms with Crippen LogP contribution in [0, 0.1) is 16.7 Å². The lowest BCUT2D eigenvalue weighted by Gasteiger charge is -2.21. The topological polar surface area (TPSA) is 90.2 Å². The van der Waals surface area contributed by atoms with Crippen molar-refractivity contribution in [1.82, 2.24) is 4.72 Å². The highest BCUT2D eigenvalue weighted by Gasteiger charge is 2.19. The van der Waals surface area contributed by atoms with Crippen LogP contribution in [0.2, 0.25) is 0 Å². The van der Waals surface area contributed by atoms with Gasteiger partial charge in [-0.05, 0) is 0 Å². The van der Waals surface area contributed by atoms with Crippen LogP contribution in [0.4, 0.5) is 0 Å². The zero-order valence-corrected chi connectivity index (χ0v) is 8.56. The molecule has 0 fully saturated rings. The normalized spacial score (nSPS) is 12.5. The number of aliphatic hydroxyl groups is 1. The first-order chi connectivity index (χ1) is 5.83. The second-order valence-corrected chi connectivity index (χ2v) is 5.37. The molecule has 0 aromatic heterocycles. The fourth-order valence-electron chi connectivity index (χ4n) is 0.497. The van der Waals surface area contributed by atoms with E-state index in [4.69, 9.17) is 10.4 Å². The number of aliphatic hydroxyl groups excluding tert-OH is 1. The standard InChI is InChI=1S/C7H14N2O3S/c1-7(2,6-10)5-9-13(11,12)4-3-8/h9-10H,4-6H2,1-2H3. The van der Waals surface area contributed by atoms with Crippen LogP contribution in [-0.2, 0) is 10.0 Å². The Kier molecular flexibility index (Phi) is 4.33. The summed E-state index contributed by atoms with van der Waals surface area (Å²) in [4.78, 5) is 0. The van der Waals surface area contributed by atoms with Gasteiger partial charge in [-0.3, -0.25) is 0 Å². The minimum Gasteiger partial charge on any atom is -0.396 e. The maximum absolute atomic E-state index is 11.0. The van der Waals surface area contributed by atoms with Gasteiger partial charge in [-0.1, -0.05) is 13.8 Å². The molecule has 76 valence electrons. The lowest BCUT2D eigenvalue weighted by molar-refractivity contribution is 0.163.